The van der Waals surface area contributed by atoms with Gasteiger partial charge in [0.05, 0.1) is 35.8 Å². The summed E-state index contributed by atoms with van der Waals surface area (Å²) in [4.78, 5) is 18.8. The second-order valence-electron chi connectivity index (χ2n) is 4.24. The van der Waals surface area contributed by atoms with E-state index in [1.54, 1.807) is 6.92 Å². The van der Waals surface area contributed by atoms with Crippen molar-refractivity contribution in [2.75, 3.05) is 6.61 Å². The van der Waals surface area contributed by atoms with Crippen LogP contribution in [0.15, 0.2) is 30.6 Å². The van der Waals surface area contributed by atoms with Crippen molar-refractivity contribution in [2.24, 2.45) is 0 Å². The molecule has 1 N–H and O–H groups in total. The van der Waals surface area contributed by atoms with Gasteiger partial charge >= 0.3 is 12.1 Å². The van der Waals surface area contributed by atoms with Crippen molar-refractivity contribution in [3.8, 4) is 17.1 Å². The van der Waals surface area contributed by atoms with Crippen molar-refractivity contribution in [2.45, 2.75) is 13.1 Å². The standard InChI is InChI=1S/C14H11F3N2O3/c1-2-22-12-7-18-6-11(19-12)8-3-4-9(13(20)21)10(5-8)14(15,16)17/h3-7H,2H2,1H3,(H,20,21). The number of nitrogens with zero attached hydrogens (tertiary/aromatic N) is 2. The summed E-state index contributed by atoms with van der Waals surface area (Å²) in [5.41, 5.74) is -1.79. The Morgan fingerprint density at radius 1 is 1.32 bits per heavy atom. The third-order valence-corrected chi connectivity index (χ3v) is 2.76. The molecule has 0 saturated carbocycles. The van der Waals surface area contributed by atoms with Crippen LogP contribution in [-0.2, 0) is 6.18 Å². The van der Waals surface area contributed by atoms with Crippen LogP contribution in [-0.4, -0.2) is 27.7 Å². The minimum atomic E-state index is -4.78. The molecule has 2 aromatic rings. The fourth-order valence-corrected chi connectivity index (χ4v) is 1.83. The van der Waals surface area contributed by atoms with Gasteiger partial charge in [-0.25, -0.2) is 9.78 Å². The first-order chi connectivity index (χ1) is 10.3. The van der Waals surface area contributed by atoms with Crippen molar-refractivity contribution in [1.29, 1.82) is 0 Å². The zero-order valence-electron chi connectivity index (χ0n) is 11.4. The van der Waals surface area contributed by atoms with Crippen LogP contribution in [0.1, 0.15) is 22.8 Å². The lowest BCUT2D eigenvalue weighted by atomic mass is 10.0. The first-order valence-electron chi connectivity index (χ1n) is 6.22. The number of halogens is 3. The number of ether oxygens (including phenoxy) is 1. The monoisotopic (exact) mass is 312 g/mol. The molecular formula is C14H11F3N2O3. The Bertz CT molecular complexity index is 702. The fraction of sp³-hybridized carbons (Fsp3) is 0.214. The number of alkyl halides is 3. The number of rotatable bonds is 4. The highest BCUT2D eigenvalue weighted by molar-refractivity contribution is 5.90. The maximum Gasteiger partial charge on any atom is 0.417 e. The molecule has 0 amide bonds. The van der Waals surface area contributed by atoms with Crippen molar-refractivity contribution in [1.82, 2.24) is 9.97 Å². The van der Waals surface area contributed by atoms with Crippen molar-refractivity contribution in [3.63, 3.8) is 0 Å². The maximum atomic E-state index is 13.0. The molecular weight excluding hydrogens is 301 g/mol. The van der Waals surface area contributed by atoms with Crippen molar-refractivity contribution >= 4 is 5.97 Å². The Hall–Kier alpha value is -2.64. The van der Waals surface area contributed by atoms with Gasteiger partial charge in [-0.15, -0.1) is 0 Å². The molecule has 0 aliphatic carbocycles. The first-order valence-corrected chi connectivity index (χ1v) is 6.22. The summed E-state index contributed by atoms with van der Waals surface area (Å²) >= 11 is 0. The largest absolute Gasteiger partial charge is 0.478 e. The van der Waals surface area contributed by atoms with Gasteiger partial charge in [-0.3, -0.25) is 4.98 Å². The summed E-state index contributed by atoms with van der Waals surface area (Å²) in [6.45, 7) is 2.07. The van der Waals surface area contributed by atoms with Crippen LogP contribution < -0.4 is 4.74 Å². The Morgan fingerprint density at radius 3 is 2.64 bits per heavy atom. The van der Waals surface area contributed by atoms with E-state index in [1.807, 2.05) is 0 Å². The summed E-state index contributed by atoms with van der Waals surface area (Å²) in [6, 6.07) is 2.89. The van der Waals surface area contributed by atoms with Gasteiger partial charge < -0.3 is 9.84 Å². The number of benzene rings is 1. The minimum Gasteiger partial charge on any atom is -0.478 e. The lowest BCUT2D eigenvalue weighted by Crippen LogP contribution is -2.13. The van der Waals surface area contributed by atoms with E-state index in [9.17, 15) is 18.0 Å². The molecule has 2 rings (SSSR count). The molecule has 0 saturated heterocycles. The van der Waals surface area contributed by atoms with Crippen LogP contribution in [0.3, 0.4) is 0 Å². The number of aromatic carboxylic acids is 1. The lowest BCUT2D eigenvalue weighted by Gasteiger charge is -2.12. The summed E-state index contributed by atoms with van der Waals surface area (Å²) < 4.78 is 44.1. The predicted octanol–water partition coefficient (Wildman–Crippen LogP) is 3.26. The quantitative estimate of drug-likeness (QED) is 0.938. The second kappa shape index (κ2) is 6.00. The number of hydrogen-bond donors (Lipinski definition) is 1. The number of aromatic nitrogens is 2. The van der Waals surface area contributed by atoms with Crippen LogP contribution in [0.5, 0.6) is 5.88 Å². The molecule has 0 spiro atoms. The summed E-state index contributed by atoms with van der Waals surface area (Å²) in [6.07, 6.45) is -2.17. The van der Waals surface area contributed by atoms with E-state index in [4.69, 9.17) is 9.84 Å². The highest BCUT2D eigenvalue weighted by Gasteiger charge is 2.35. The topological polar surface area (TPSA) is 72.3 Å². The second-order valence-corrected chi connectivity index (χ2v) is 4.24. The highest BCUT2D eigenvalue weighted by Crippen LogP contribution is 2.34. The number of carboxylic acids is 1. The van der Waals surface area contributed by atoms with E-state index in [-0.39, 0.29) is 17.1 Å². The smallest absolute Gasteiger partial charge is 0.417 e. The third kappa shape index (κ3) is 3.33. The molecule has 116 valence electrons. The average molecular weight is 312 g/mol. The van der Waals surface area contributed by atoms with Gasteiger partial charge in [0.25, 0.3) is 0 Å². The minimum absolute atomic E-state index is 0.103. The molecule has 22 heavy (non-hydrogen) atoms. The predicted molar refractivity (Wildman–Crippen MR) is 70.6 cm³/mol. The van der Waals surface area contributed by atoms with Crippen LogP contribution in [0.25, 0.3) is 11.3 Å². The van der Waals surface area contributed by atoms with Crippen molar-refractivity contribution < 1.29 is 27.8 Å². The first kappa shape index (κ1) is 15.7. The molecule has 0 radical (unpaired) electrons. The zero-order valence-corrected chi connectivity index (χ0v) is 11.4. The molecule has 5 nitrogen and oxygen atoms in total. The fourth-order valence-electron chi connectivity index (χ4n) is 1.83. The Balaban J connectivity index is 2.53. The SMILES string of the molecule is CCOc1cncc(-c2ccc(C(=O)O)c(C(F)(F)F)c2)n1. The Labute approximate surface area is 123 Å². The molecule has 1 aromatic heterocycles. The molecule has 0 aliphatic heterocycles. The van der Waals surface area contributed by atoms with Gasteiger partial charge in [-0.1, -0.05) is 6.07 Å². The maximum absolute atomic E-state index is 13.0. The molecule has 0 unspecified atom stereocenters. The average Bonchev–Trinajstić information content (AvgIpc) is 2.46. The van der Waals surface area contributed by atoms with E-state index in [0.717, 1.165) is 12.1 Å². The van der Waals surface area contributed by atoms with E-state index in [1.165, 1.54) is 18.5 Å². The molecule has 0 fully saturated rings. The number of hydrogen-bond acceptors (Lipinski definition) is 4. The van der Waals surface area contributed by atoms with Crippen LogP contribution in [0, 0.1) is 0 Å². The van der Waals surface area contributed by atoms with E-state index in [0.29, 0.717) is 6.61 Å². The third-order valence-electron chi connectivity index (χ3n) is 2.76. The normalized spacial score (nSPS) is 11.3. The van der Waals surface area contributed by atoms with Gasteiger partial charge in [-0.05, 0) is 19.1 Å². The molecule has 1 aromatic carbocycles. The van der Waals surface area contributed by atoms with Crippen molar-refractivity contribution in [3.05, 3.63) is 41.7 Å². The highest BCUT2D eigenvalue weighted by atomic mass is 19.4. The zero-order chi connectivity index (χ0) is 16.3. The van der Waals surface area contributed by atoms with Gasteiger partial charge in [0.15, 0.2) is 0 Å². The van der Waals surface area contributed by atoms with E-state index < -0.39 is 23.3 Å². The molecule has 0 aliphatic rings. The lowest BCUT2D eigenvalue weighted by molar-refractivity contribution is -0.138. The summed E-state index contributed by atoms with van der Waals surface area (Å²) in [5.74, 6) is -1.47. The number of carboxylic acid groups (broad SMARTS) is 1. The summed E-state index contributed by atoms with van der Waals surface area (Å²) in [7, 11) is 0. The van der Waals surface area contributed by atoms with Gasteiger partial charge in [0, 0.05) is 5.56 Å². The van der Waals surface area contributed by atoms with E-state index >= 15 is 0 Å². The number of carbonyl (C=O) groups is 1. The Kier molecular flexibility index (Phi) is 4.30. The van der Waals surface area contributed by atoms with E-state index in [2.05, 4.69) is 9.97 Å². The van der Waals surface area contributed by atoms with Crippen LogP contribution >= 0.6 is 0 Å². The van der Waals surface area contributed by atoms with Gasteiger partial charge in [0.2, 0.25) is 5.88 Å². The van der Waals surface area contributed by atoms with Gasteiger partial charge in [0.1, 0.15) is 0 Å². The molecule has 0 atom stereocenters. The summed E-state index contributed by atoms with van der Waals surface area (Å²) in [5, 5.41) is 8.86. The molecule has 1 heterocycles. The van der Waals surface area contributed by atoms with Crippen LogP contribution in [0.4, 0.5) is 13.2 Å². The van der Waals surface area contributed by atoms with Gasteiger partial charge in [-0.2, -0.15) is 13.2 Å². The Morgan fingerprint density at radius 2 is 2.05 bits per heavy atom. The molecule has 0 bridgehead atoms. The van der Waals surface area contributed by atoms with Crippen LogP contribution in [0.2, 0.25) is 0 Å². The molecule has 8 heteroatoms.